The van der Waals surface area contributed by atoms with Gasteiger partial charge in [0, 0.05) is 11.6 Å². The van der Waals surface area contributed by atoms with E-state index in [0.29, 0.717) is 31.5 Å². The zero-order valence-electron chi connectivity index (χ0n) is 16.9. The van der Waals surface area contributed by atoms with Crippen LogP contribution in [0.1, 0.15) is 29.7 Å². The van der Waals surface area contributed by atoms with Gasteiger partial charge in [-0.2, -0.15) is 0 Å². The minimum Gasteiger partial charge on any atom is -0.486 e. The number of ether oxygens (including phenoxy) is 4. The Hall–Kier alpha value is -2.53. The number of benzene rings is 3. The predicted octanol–water partition coefficient (Wildman–Crippen LogP) is 5.82. The fourth-order valence-corrected chi connectivity index (χ4v) is 3.66. The van der Waals surface area contributed by atoms with Gasteiger partial charge < -0.3 is 18.9 Å². The van der Waals surface area contributed by atoms with Crippen LogP contribution in [0.15, 0.2) is 72.8 Å². The molecule has 0 radical (unpaired) electrons. The SMILES string of the molecule is CCOCC1COc2ccc(C(OCc3cccc(Cl)c3)c3ccccc3)cc2O1. The van der Waals surface area contributed by atoms with Crippen LogP contribution in [0.25, 0.3) is 0 Å². The fraction of sp³-hybridized carbons (Fsp3) is 0.280. The van der Waals surface area contributed by atoms with Gasteiger partial charge in [0.2, 0.25) is 0 Å². The van der Waals surface area contributed by atoms with Crippen LogP contribution in [0.5, 0.6) is 11.5 Å². The molecule has 2 unspecified atom stereocenters. The van der Waals surface area contributed by atoms with Crippen molar-refractivity contribution in [1.82, 2.24) is 0 Å². The Balaban J connectivity index is 1.58. The van der Waals surface area contributed by atoms with Crippen LogP contribution in [0.4, 0.5) is 0 Å². The number of rotatable bonds is 8. The first-order valence-electron chi connectivity index (χ1n) is 10.1. The molecule has 4 nitrogen and oxygen atoms in total. The molecule has 0 aromatic heterocycles. The van der Waals surface area contributed by atoms with Gasteiger partial charge in [0.1, 0.15) is 12.7 Å². The molecule has 0 fully saturated rings. The zero-order valence-corrected chi connectivity index (χ0v) is 17.7. The summed E-state index contributed by atoms with van der Waals surface area (Å²) in [5.41, 5.74) is 3.10. The largest absolute Gasteiger partial charge is 0.486 e. The average molecular weight is 425 g/mol. The monoisotopic (exact) mass is 424 g/mol. The van der Waals surface area contributed by atoms with Gasteiger partial charge in [0.25, 0.3) is 0 Å². The maximum atomic E-state index is 6.36. The lowest BCUT2D eigenvalue weighted by molar-refractivity contribution is 0.0122. The minimum absolute atomic E-state index is 0.116. The van der Waals surface area contributed by atoms with Crippen molar-refractivity contribution in [2.75, 3.05) is 19.8 Å². The first kappa shape index (κ1) is 20.7. The molecule has 5 heteroatoms. The smallest absolute Gasteiger partial charge is 0.162 e. The normalized spacial score (nSPS) is 16.3. The maximum Gasteiger partial charge on any atom is 0.162 e. The summed E-state index contributed by atoms with van der Waals surface area (Å²) in [6.07, 6.45) is -0.360. The van der Waals surface area contributed by atoms with Gasteiger partial charge >= 0.3 is 0 Å². The summed E-state index contributed by atoms with van der Waals surface area (Å²) in [5, 5.41) is 0.701. The summed E-state index contributed by atoms with van der Waals surface area (Å²) in [7, 11) is 0. The van der Waals surface area contributed by atoms with Gasteiger partial charge in [-0.25, -0.2) is 0 Å². The first-order valence-corrected chi connectivity index (χ1v) is 10.5. The Morgan fingerprint density at radius 1 is 0.967 bits per heavy atom. The number of hydrogen-bond acceptors (Lipinski definition) is 4. The topological polar surface area (TPSA) is 36.9 Å². The third-order valence-electron chi connectivity index (χ3n) is 4.90. The van der Waals surface area contributed by atoms with E-state index in [1.54, 1.807) is 0 Å². The lowest BCUT2D eigenvalue weighted by atomic mass is 10.0. The van der Waals surface area contributed by atoms with E-state index >= 15 is 0 Å². The molecule has 0 amide bonds. The molecule has 0 spiro atoms. The summed E-state index contributed by atoms with van der Waals surface area (Å²) in [4.78, 5) is 0. The molecular weight excluding hydrogens is 400 g/mol. The predicted molar refractivity (Wildman–Crippen MR) is 117 cm³/mol. The molecule has 0 saturated carbocycles. The molecular formula is C25H25ClO4. The van der Waals surface area contributed by atoms with Gasteiger partial charge in [-0.1, -0.05) is 60.1 Å². The van der Waals surface area contributed by atoms with Gasteiger partial charge in [-0.3, -0.25) is 0 Å². The van der Waals surface area contributed by atoms with E-state index in [9.17, 15) is 0 Å². The molecule has 0 saturated heterocycles. The Bertz CT molecular complexity index is 960. The third kappa shape index (κ3) is 5.14. The molecule has 1 aliphatic heterocycles. The van der Waals surface area contributed by atoms with Crippen molar-refractivity contribution < 1.29 is 18.9 Å². The highest BCUT2D eigenvalue weighted by molar-refractivity contribution is 6.30. The van der Waals surface area contributed by atoms with Gasteiger partial charge in [0.05, 0.1) is 13.2 Å². The molecule has 1 heterocycles. The van der Waals surface area contributed by atoms with Crippen LogP contribution >= 0.6 is 11.6 Å². The van der Waals surface area contributed by atoms with Crippen molar-refractivity contribution in [2.45, 2.75) is 25.7 Å². The average Bonchev–Trinajstić information content (AvgIpc) is 2.78. The van der Waals surface area contributed by atoms with Gasteiger partial charge in [-0.05, 0) is 47.9 Å². The molecule has 0 N–H and O–H groups in total. The second-order valence-corrected chi connectivity index (χ2v) is 7.58. The van der Waals surface area contributed by atoms with Crippen LogP contribution in [0.2, 0.25) is 5.02 Å². The Morgan fingerprint density at radius 2 is 1.83 bits per heavy atom. The standard InChI is InChI=1S/C25H25ClO4/c1-2-27-16-22-17-28-23-12-11-20(14-24(23)30-22)25(19-8-4-3-5-9-19)29-15-18-7-6-10-21(26)13-18/h3-14,22,25H,2,15-17H2,1H3. The van der Waals surface area contributed by atoms with E-state index in [1.165, 1.54) is 0 Å². The second-order valence-electron chi connectivity index (χ2n) is 7.15. The second kappa shape index (κ2) is 9.98. The fourth-order valence-electron chi connectivity index (χ4n) is 3.45. The summed E-state index contributed by atoms with van der Waals surface area (Å²) in [6.45, 7) is 4.06. The molecule has 0 bridgehead atoms. The van der Waals surface area contributed by atoms with Crippen molar-refractivity contribution in [2.24, 2.45) is 0 Å². The van der Waals surface area contributed by atoms with E-state index in [-0.39, 0.29) is 12.2 Å². The quantitative estimate of drug-likeness (QED) is 0.456. The molecule has 4 rings (SSSR count). The van der Waals surface area contributed by atoms with Gasteiger partial charge in [0.15, 0.2) is 17.6 Å². The Kier molecular flexibility index (Phi) is 6.90. The highest BCUT2D eigenvalue weighted by Gasteiger charge is 2.24. The lowest BCUT2D eigenvalue weighted by Crippen LogP contribution is -2.33. The third-order valence-corrected chi connectivity index (χ3v) is 5.14. The number of fused-ring (bicyclic) bond motifs is 1. The number of hydrogen-bond donors (Lipinski definition) is 0. The highest BCUT2D eigenvalue weighted by Crippen LogP contribution is 2.37. The number of halogens is 1. The molecule has 156 valence electrons. The Morgan fingerprint density at radius 3 is 2.63 bits per heavy atom. The Labute approximate surface area is 182 Å². The van der Waals surface area contributed by atoms with Crippen LogP contribution in [-0.2, 0) is 16.1 Å². The van der Waals surface area contributed by atoms with E-state index in [1.807, 2.05) is 67.6 Å². The molecule has 0 aliphatic carbocycles. The zero-order chi connectivity index (χ0) is 20.8. The van der Waals surface area contributed by atoms with Crippen LogP contribution in [0.3, 0.4) is 0 Å². The van der Waals surface area contributed by atoms with Gasteiger partial charge in [-0.15, -0.1) is 0 Å². The van der Waals surface area contributed by atoms with E-state index < -0.39 is 0 Å². The van der Waals surface area contributed by atoms with Crippen molar-refractivity contribution in [1.29, 1.82) is 0 Å². The maximum absolute atomic E-state index is 6.36. The van der Waals surface area contributed by atoms with Crippen molar-refractivity contribution in [3.05, 3.63) is 94.5 Å². The van der Waals surface area contributed by atoms with Crippen LogP contribution < -0.4 is 9.47 Å². The first-order chi connectivity index (χ1) is 14.7. The highest BCUT2D eigenvalue weighted by atomic mass is 35.5. The molecule has 3 aromatic rings. The van der Waals surface area contributed by atoms with Crippen molar-refractivity contribution >= 4 is 11.6 Å². The molecule has 3 aromatic carbocycles. The summed E-state index contributed by atoms with van der Waals surface area (Å²) in [5.74, 6) is 1.46. The molecule has 2 atom stereocenters. The van der Waals surface area contributed by atoms with E-state index in [0.717, 1.165) is 28.2 Å². The van der Waals surface area contributed by atoms with Crippen molar-refractivity contribution in [3.8, 4) is 11.5 Å². The van der Waals surface area contributed by atoms with E-state index in [2.05, 4.69) is 12.1 Å². The van der Waals surface area contributed by atoms with Crippen LogP contribution in [0, 0.1) is 0 Å². The minimum atomic E-state index is -0.244. The lowest BCUT2D eigenvalue weighted by Gasteiger charge is -2.28. The molecule has 30 heavy (non-hydrogen) atoms. The van der Waals surface area contributed by atoms with Crippen LogP contribution in [-0.4, -0.2) is 25.9 Å². The molecule has 1 aliphatic rings. The summed E-state index contributed by atoms with van der Waals surface area (Å²) in [6, 6.07) is 23.9. The van der Waals surface area contributed by atoms with Crippen molar-refractivity contribution in [3.63, 3.8) is 0 Å². The summed E-state index contributed by atoms with van der Waals surface area (Å²) >= 11 is 6.13. The van der Waals surface area contributed by atoms with E-state index in [4.69, 9.17) is 30.5 Å². The summed E-state index contributed by atoms with van der Waals surface area (Å²) < 4.78 is 23.8.